The molecular formula is C8H10N4. The number of nitrogens with zero attached hydrogens (tertiary/aromatic N) is 3. The van der Waals surface area contributed by atoms with E-state index in [1.165, 1.54) is 6.33 Å². The molecule has 0 aliphatic rings. The average molecular weight is 162 g/mol. The lowest BCUT2D eigenvalue weighted by Crippen LogP contribution is -2.03. The topological polar surface area (TPSA) is 75.6 Å². The summed E-state index contributed by atoms with van der Waals surface area (Å²) in [6.07, 6.45) is 1.38. The van der Waals surface area contributed by atoms with Gasteiger partial charge in [0.05, 0.1) is 5.69 Å². The van der Waals surface area contributed by atoms with Gasteiger partial charge in [0.1, 0.15) is 23.8 Å². The highest BCUT2D eigenvalue weighted by atomic mass is 14.9. The highest BCUT2D eigenvalue weighted by molar-refractivity contribution is 5.50. The Labute approximate surface area is 71.1 Å². The smallest absolute Gasteiger partial charge is 0.145 e. The highest BCUT2D eigenvalue weighted by Crippen LogP contribution is 2.18. The molecule has 0 saturated heterocycles. The molecule has 0 amide bonds. The highest BCUT2D eigenvalue weighted by Gasteiger charge is 2.10. The molecule has 0 aliphatic heterocycles. The van der Waals surface area contributed by atoms with Gasteiger partial charge in [-0.3, -0.25) is 0 Å². The molecule has 0 aromatic carbocycles. The molecule has 0 spiro atoms. The van der Waals surface area contributed by atoms with Crippen molar-refractivity contribution in [2.75, 3.05) is 5.73 Å². The zero-order chi connectivity index (χ0) is 9.14. The fourth-order valence-electron chi connectivity index (χ4n) is 0.966. The Morgan fingerprint density at radius 1 is 1.50 bits per heavy atom. The van der Waals surface area contributed by atoms with E-state index in [-0.39, 0.29) is 11.7 Å². The van der Waals surface area contributed by atoms with Crippen molar-refractivity contribution in [2.45, 2.75) is 19.8 Å². The third kappa shape index (κ3) is 1.35. The molecule has 12 heavy (non-hydrogen) atoms. The lowest BCUT2D eigenvalue weighted by atomic mass is 10.1. The lowest BCUT2D eigenvalue weighted by Gasteiger charge is -2.06. The van der Waals surface area contributed by atoms with E-state index in [2.05, 4.69) is 9.97 Å². The SMILES string of the molecule is CC(C)c1ncnc(N)c1C#N. The number of hydrogen-bond acceptors (Lipinski definition) is 4. The van der Waals surface area contributed by atoms with Gasteiger partial charge < -0.3 is 5.73 Å². The maximum Gasteiger partial charge on any atom is 0.145 e. The summed E-state index contributed by atoms with van der Waals surface area (Å²) in [7, 11) is 0. The number of aromatic nitrogens is 2. The van der Waals surface area contributed by atoms with Crippen molar-refractivity contribution < 1.29 is 0 Å². The molecule has 2 N–H and O–H groups in total. The lowest BCUT2D eigenvalue weighted by molar-refractivity contribution is 0.810. The molecule has 0 radical (unpaired) electrons. The van der Waals surface area contributed by atoms with Crippen molar-refractivity contribution in [3.05, 3.63) is 17.6 Å². The summed E-state index contributed by atoms with van der Waals surface area (Å²) in [5.74, 6) is 0.459. The van der Waals surface area contributed by atoms with Gasteiger partial charge in [0.2, 0.25) is 0 Å². The molecule has 1 rings (SSSR count). The van der Waals surface area contributed by atoms with Crippen LogP contribution < -0.4 is 5.73 Å². The molecule has 0 fully saturated rings. The van der Waals surface area contributed by atoms with E-state index >= 15 is 0 Å². The van der Waals surface area contributed by atoms with Crippen molar-refractivity contribution in [3.63, 3.8) is 0 Å². The average Bonchev–Trinajstić information content (AvgIpc) is 2.03. The van der Waals surface area contributed by atoms with Crippen molar-refractivity contribution in [1.29, 1.82) is 5.26 Å². The van der Waals surface area contributed by atoms with Gasteiger partial charge in [-0.05, 0) is 5.92 Å². The number of nitriles is 1. The number of nitrogen functional groups attached to an aromatic ring is 1. The van der Waals surface area contributed by atoms with E-state index in [1.54, 1.807) is 0 Å². The van der Waals surface area contributed by atoms with Crippen LogP contribution in [0.5, 0.6) is 0 Å². The predicted octanol–water partition coefficient (Wildman–Crippen LogP) is 1.05. The summed E-state index contributed by atoms with van der Waals surface area (Å²) < 4.78 is 0. The van der Waals surface area contributed by atoms with Crippen LogP contribution in [0.1, 0.15) is 31.0 Å². The standard InChI is InChI=1S/C8H10N4/c1-5(2)7-6(3-9)8(10)12-4-11-7/h4-5H,1-2H3,(H2,10,11,12). The van der Waals surface area contributed by atoms with Gasteiger partial charge in [-0.2, -0.15) is 5.26 Å². The first-order valence-electron chi connectivity index (χ1n) is 3.67. The molecule has 4 nitrogen and oxygen atoms in total. The minimum absolute atomic E-state index is 0.199. The first kappa shape index (κ1) is 8.47. The molecule has 1 aromatic rings. The molecule has 0 atom stereocenters. The zero-order valence-electron chi connectivity index (χ0n) is 7.07. The minimum Gasteiger partial charge on any atom is -0.382 e. The molecule has 62 valence electrons. The van der Waals surface area contributed by atoms with Crippen molar-refractivity contribution in [1.82, 2.24) is 9.97 Å². The molecule has 0 saturated carbocycles. The molecule has 1 aromatic heterocycles. The fraction of sp³-hybridized carbons (Fsp3) is 0.375. The Balaban J connectivity index is 3.30. The van der Waals surface area contributed by atoms with Gasteiger partial charge in [-0.15, -0.1) is 0 Å². The molecule has 4 heteroatoms. The van der Waals surface area contributed by atoms with Gasteiger partial charge in [0.25, 0.3) is 0 Å². The first-order valence-corrected chi connectivity index (χ1v) is 3.67. The van der Waals surface area contributed by atoms with E-state index in [4.69, 9.17) is 11.0 Å². The third-order valence-corrected chi connectivity index (χ3v) is 1.56. The van der Waals surface area contributed by atoms with Crippen LogP contribution >= 0.6 is 0 Å². The van der Waals surface area contributed by atoms with Crippen LogP contribution in [0, 0.1) is 11.3 Å². The fourth-order valence-corrected chi connectivity index (χ4v) is 0.966. The Kier molecular flexibility index (Phi) is 2.24. The maximum atomic E-state index is 8.74. The summed E-state index contributed by atoms with van der Waals surface area (Å²) in [6.45, 7) is 3.92. The van der Waals surface area contributed by atoms with E-state index in [0.717, 1.165) is 0 Å². The second kappa shape index (κ2) is 3.18. The van der Waals surface area contributed by atoms with Crippen LogP contribution in [0.2, 0.25) is 0 Å². The van der Waals surface area contributed by atoms with Crippen LogP contribution in [0.15, 0.2) is 6.33 Å². The third-order valence-electron chi connectivity index (χ3n) is 1.56. The van der Waals surface area contributed by atoms with Crippen LogP contribution in [-0.4, -0.2) is 9.97 Å². The summed E-state index contributed by atoms with van der Waals surface area (Å²) in [4.78, 5) is 7.73. The van der Waals surface area contributed by atoms with Gasteiger partial charge in [-0.1, -0.05) is 13.8 Å². The van der Waals surface area contributed by atoms with Gasteiger partial charge in [-0.25, -0.2) is 9.97 Å². The summed E-state index contributed by atoms with van der Waals surface area (Å²) in [5, 5.41) is 8.74. The van der Waals surface area contributed by atoms with E-state index in [9.17, 15) is 0 Å². The van der Waals surface area contributed by atoms with Crippen molar-refractivity contribution in [3.8, 4) is 6.07 Å². The molecule has 0 unspecified atom stereocenters. The van der Waals surface area contributed by atoms with Crippen LogP contribution in [0.4, 0.5) is 5.82 Å². The van der Waals surface area contributed by atoms with Gasteiger partial charge in [0.15, 0.2) is 0 Å². The number of nitrogens with two attached hydrogens (primary N) is 1. The van der Waals surface area contributed by atoms with Crippen LogP contribution in [0.3, 0.4) is 0 Å². The van der Waals surface area contributed by atoms with Crippen LogP contribution in [0.25, 0.3) is 0 Å². The Morgan fingerprint density at radius 3 is 2.58 bits per heavy atom. The van der Waals surface area contributed by atoms with E-state index < -0.39 is 0 Å². The van der Waals surface area contributed by atoms with E-state index in [0.29, 0.717) is 11.3 Å². The second-order valence-electron chi connectivity index (χ2n) is 2.79. The first-order chi connectivity index (χ1) is 5.66. The van der Waals surface area contributed by atoms with Gasteiger partial charge in [0, 0.05) is 0 Å². The number of hydrogen-bond donors (Lipinski definition) is 1. The number of anilines is 1. The molecular weight excluding hydrogens is 152 g/mol. The molecule has 0 bridgehead atoms. The summed E-state index contributed by atoms with van der Waals surface area (Å²) in [5.41, 5.74) is 6.60. The Hall–Kier alpha value is -1.63. The monoisotopic (exact) mass is 162 g/mol. The Bertz CT molecular complexity index is 324. The predicted molar refractivity (Wildman–Crippen MR) is 45.2 cm³/mol. The van der Waals surface area contributed by atoms with E-state index in [1.807, 2.05) is 19.9 Å². The second-order valence-corrected chi connectivity index (χ2v) is 2.79. The maximum absolute atomic E-state index is 8.74. The molecule has 0 aliphatic carbocycles. The zero-order valence-corrected chi connectivity index (χ0v) is 7.07. The minimum atomic E-state index is 0.199. The summed E-state index contributed by atoms with van der Waals surface area (Å²) in [6, 6.07) is 2.00. The number of rotatable bonds is 1. The van der Waals surface area contributed by atoms with Gasteiger partial charge >= 0.3 is 0 Å². The largest absolute Gasteiger partial charge is 0.382 e. The normalized spacial score (nSPS) is 9.83. The van der Waals surface area contributed by atoms with Crippen molar-refractivity contribution in [2.24, 2.45) is 0 Å². The quantitative estimate of drug-likeness (QED) is 0.669. The van der Waals surface area contributed by atoms with Crippen LogP contribution in [-0.2, 0) is 0 Å². The Morgan fingerprint density at radius 2 is 2.17 bits per heavy atom. The molecule has 1 heterocycles. The van der Waals surface area contributed by atoms with Crippen molar-refractivity contribution >= 4 is 5.82 Å². The summed E-state index contributed by atoms with van der Waals surface area (Å²) >= 11 is 0.